The second-order valence-electron chi connectivity index (χ2n) is 8.59. The van der Waals surface area contributed by atoms with Gasteiger partial charge in [-0.1, -0.05) is 35.9 Å². The lowest BCUT2D eigenvalue weighted by Gasteiger charge is -2.20. The van der Waals surface area contributed by atoms with Gasteiger partial charge in [-0.05, 0) is 49.4 Å². The van der Waals surface area contributed by atoms with Gasteiger partial charge in [0, 0.05) is 12.1 Å². The van der Waals surface area contributed by atoms with E-state index < -0.39 is 21.9 Å². The van der Waals surface area contributed by atoms with Crippen LogP contribution in [-0.4, -0.2) is 36.6 Å². The normalized spacial score (nSPS) is 37.0. The zero-order valence-electron chi connectivity index (χ0n) is 15.8. The Labute approximate surface area is 169 Å². The van der Waals surface area contributed by atoms with Gasteiger partial charge in [-0.15, -0.1) is 0 Å². The molecule has 0 N–H and O–H groups in total. The number of para-hydroxylation sites is 1. The summed E-state index contributed by atoms with van der Waals surface area (Å²) < 4.78 is 27.9. The number of carbonyl (C=O) groups is 2. The molecule has 2 amide bonds. The lowest BCUT2D eigenvalue weighted by Crippen LogP contribution is -2.34. The second kappa shape index (κ2) is 5.55. The highest BCUT2D eigenvalue weighted by Crippen LogP contribution is 2.66. The van der Waals surface area contributed by atoms with Crippen molar-refractivity contribution in [3.8, 4) is 0 Å². The Bertz CT molecular complexity index is 1110. The third kappa shape index (κ3) is 2.12. The first kappa shape index (κ1) is 17.4. The van der Waals surface area contributed by atoms with E-state index in [-0.39, 0.29) is 40.6 Å². The second-order valence-corrected chi connectivity index (χ2v) is 10.4. The van der Waals surface area contributed by atoms with Gasteiger partial charge >= 0.3 is 0 Å². The Hall–Kier alpha value is -2.51. The number of benzene rings is 2. The highest BCUT2D eigenvalue weighted by atomic mass is 32.2. The number of hydrogen-bond acceptors (Lipinski definition) is 4. The van der Waals surface area contributed by atoms with Crippen LogP contribution in [0.25, 0.3) is 0 Å². The van der Waals surface area contributed by atoms with Crippen LogP contribution in [0.5, 0.6) is 0 Å². The number of aryl methyl sites for hydroxylation is 1. The third-order valence-electron chi connectivity index (χ3n) is 7.20. The van der Waals surface area contributed by atoms with Gasteiger partial charge in [0.2, 0.25) is 21.8 Å². The maximum atomic E-state index is 13.2. The number of sulfonamides is 1. The lowest BCUT2D eigenvalue weighted by molar-refractivity contribution is -0.123. The Morgan fingerprint density at radius 3 is 1.93 bits per heavy atom. The number of anilines is 1. The SMILES string of the molecule is Cc1ccc(S(=O)(=O)N2[C@@H]3[C@H]4C[C@H]([C@H]5C(=O)N(c6ccccc6)C(=O)[C@@H]45)[C@@H]32)cc1. The average Bonchev–Trinajstić information content (AvgIpc) is 3.10. The van der Waals surface area contributed by atoms with E-state index >= 15 is 0 Å². The number of carbonyl (C=O) groups excluding carboxylic acids is 2. The Morgan fingerprint density at radius 1 is 0.828 bits per heavy atom. The van der Waals surface area contributed by atoms with Gasteiger partial charge in [-0.3, -0.25) is 14.5 Å². The smallest absolute Gasteiger partial charge is 0.243 e. The molecule has 2 aromatic rings. The Kier molecular flexibility index (Phi) is 3.32. The predicted octanol–water partition coefficient (Wildman–Crippen LogP) is 2.19. The van der Waals surface area contributed by atoms with Crippen LogP contribution >= 0.6 is 0 Å². The van der Waals surface area contributed by atoms with Crippen molar-refractivity contribution < 1.29 is 18.0 Å². The number of hydrogen-bond donors (Lipinski definition) is 0. The number of nitrogens with zero attached hydrogens (tertiary/aromatic N) is 2. The minimum atomic E-state index is -3.60. The molecule has 7 atom stereocenters. The number of fused-ring (bicyclic) bond motifs is 8. The Balaban J connectivity index is 1.32. The fraction of sp³-hybridized carbons (Fsp3) is 0.364. The van der Waals surface area contributed by atoms with Gasteiger partial charge in [0.05, 0.1) is 22.4 Å². The molecule has 0 radical (unpaired) electrons. The van der Waals surface area contributed by atoms with Crippen LogP contribution in [0.4, 0.5) is 5.69 Å². The van der Waals surface area contributed by atoms with Gasteiger partial charge in [-0.2, -0.15) is 4.31 Å². The molecule has 1 unspecified atom stereocenters. The van der Waals surface area contributed by atoms with E-state index in [4.69, 9.17) is 0 Å². The molecule has 2 aromatic carbocycles. The molecule has 7 heteroatoms. The van der Waals surface area contributed by atoms with E-state index in [1.807, 2.05) is 25.1 Å². The standard InChI is InChI=1S/C22H20N2O4S/c1-12-7-9-14(10-8-12)29(27,28)24-19-15-11-16(20(19)24)18-17(15)21(25)23(22(18)26)13-5-3-2-4-6-13/h2-10,15-20H,11H2,1H3/t15-,16+,17-,18+,19+,20-,24?. The number of amides is 2. The fourth-order valence-corrected chi connectivity index (χ4v) is 7.91. The van der Waals surface area contributed by atoms with Crippen molar-refractivity contribution in [2.75, 3.05) is 4.90 Å². The highest BCUT2D eigenvalue weighted by molar-refractivity contribution is 7.89. The summed E-state index contributed by atoms with van der Waals surface area (Å²) >= 11 is 0. The first-order chi connectivity index (χ1) is 13.9. The molecule has 2 aliphatic carbocycles. The predicted molar refractivity (Wildman–Crippen MR) is 105 cm³/mol. The summed E-state index contributed by atoms with van der Waals surface area (Å²) in [6.07, 6.45) is 0.769. The van der Waals surface area contributed by atoms with Crippen molar-refractivity contribution in [3.05, 3.63) is 60.2 Å². The molecule has 6 rings (SSSR count). The number of piperidine rings is 1. The minimum Gasteiger partial charge on any atom is -0.274 e. The van der Waals surface area contributed by atoms with Crippen molar-refractivity contribution in [1.29, 1.82) is 0 Å². The molecule has 0 aromatic heterocycles. The highest BCUT2D eigenvalue weighted by Gasteiger charge is 2.78. The molecule has 4 fully saturated rings. The molecule has 0 spiro atoms. The first-order valence-electron chi connectivity index (χ1n) is 9.94. The topological polar surface area (TPSA) is 74.5 Å². The van der Waals surface area contributed by atoms with Crippen LogP contribution in [0.15, 0.2) is 59.5 Å². The van der Waals surface area contributed by atoms with Crippen LogP contribution in [0.2, 0.25) is 0 Å². The molecule has 2 saturated heterocycles. The van der Waals surface area contributed by atoms with E-state index in [1.54, 1.807) is 40.7 Å². The van der Waals surface area contributed by atoms with Gasteiger partial charge in [0.25, 0.3) is 0 Å². The molecule has 2 aliphatic heterocycles. The van der Waals surface area contributed by atoms with Gasteiger partial charge in [0.15, 0.2) is 0 Å². The van der Waals surface area contributed by atoms with Crippen LogP contribution in [0.1, 0.15) is 12.0 Å². The van der Waals surface area contributed by atoms with E-state index in [0.717, 1.165) is 12.0 Å². The molecule has 2 saturated carbocycles. The average molecular weight is 408 g/mol. The van der Waals surface area contributed by atoms with Gasteiger partial charge in [-0.25, -0.2) is 8.42 Å². The molecular weight excluding hydrogens is 388 g/mol. The van der Waals surface area contributed by atoms with E-state index in [1.165, 1.54) is 4.90 Å². The van der Waals surface area contributed by atoms with Crippen LogP contribution < -0.4 is 4.90 Å². The van der Waals surface area contributed by atoms with Crippen molar-refractivity contribution in [3.63, 3.8) is 0 Å². The van der Waals surface area contributed by atoms with Gasteiger partial charge < -0.3 is 0 Å². The first-order valence-corrected chi connectivity index (χ1v) is 11.4. The molecule has 2 heterocycles. The van der Waals surface area contributed by atoms with E-state index in [2.05, 4.69) is 0 Å². The summed E-state index contributed by atoms with van der Waals surface area (Å²) in [6.45, 7) is 1.92. The molecule has 148 valence electrons. The van der Waals surface area contributed by atoms with Crippen molar-refractivity contribution in [2.24, 2.45) is 23.7 Å². The molecule has 4 aliphatic rings. The summed E-state index contributed by atoms with van der Waals surface area (Å²) in [4.78, 5) is 27.9. The largest absolute Gasteiger partial charge is 0.274 e. The monoisotopic (exact) mass is 408 g/mol. The lowest BCUT2D eigenvalue weighted by atomic mass is 9.81. The van der Waals surface area contributed by atoms with Crippen molar-refractivity contribution >= 4 is 27.5 Å². The van der Waals surface area contributed by atoms with Crippen molar-refractivity contribution in [2.45, 2.75) is 30.3 Å². The maximum Gasteiger partial charge on any atom is 0.243 e. The van der Waals surface area contributed by atoms with Crippen LogP contribution in [0, 0.1) is 30.6 Å². The zero-order valence-corrected chi connectivity index (χ0v) is 16.6. The maximum absolute atomic E-state index is 13.2. The quantitative estimate of drug-likeness (QED) is 0.576. The summed E-state index contributed by atoms with van der Waals surface area (Å²) in [5, 5.41) is 0. The fourth-order valence-electron chi connectivity index (χ4n) is 6.04. The van der Waals surface area contributed by atoms with E-state index in [9.17, 15) is 18.0 Å². The number of rotatable bonds is 3. The molecular formula is C22H20N2O4S. The summed E-state index contributed by atoms with van der Waals surface area (Å²) in [6, 6.07) is 15.6. The molecule has 2 bridgehead atoms. The zero-order chi connectivity index (χ0) is 20.1. The third-order valence-corrected chi connectivity index (χ3v) is 9.11. The minimum absolute atomic E-state index is 0.0691. The summed E-state index contributed by atoms with van der Waals surface area (Å²) in [7, 11) is -3.60. The summed E-state index contributed by atoms with van der Waals surface area (Å²) in [5.41, 5.74) is 1.61. The van der Waals surface area contributed by atoms with Crippen molar-refractivity contribution in [1.82, 2.24) is 4.31 Å². The van der Waals surface area contributed by atoms with Crippen LogP contribution in [0.3, 0.4) is 0 Å². The van der Waals surface area contributed by atoms with E-state index in [0.29, 0.717) is 5.69 Å². The van der Waals surface area contributed by atoms with Gasteiger partial charge in [0.1, 0.15) is 0 Å². The molecule has 29 heavy (non-hydrogen) atoms. The molecule has 6 nitrogen and oxygen atoms in total. The van der Waals surface area contributed by atoms with Crippen LogP contribution in [-0.2, 0) is 19.6 Å². The summed E-state index contributed by atoms with van der Waals surface area (Å²) in [5.74, 6) is -1.27. The Morgan fingerprint density at radius 2 is 1.38 bits per heavy atom. The number of imide groups is 1.